The number of nitrogens with zero attached hydrogens (tertiary/aromatic N) is 4. The lowest BCUT2D eigenvalue weighted by atomic mass is 9.74. The van der Waals surface area contributed by atoms with Gasteiger partial charge in [-0.15, -0.1) is 0 Å². The second-order valence-corrected chi connectivity index (χ2v) is 34.1. The average Bonchev–Trinajstić information content (AvgIpc) is 1.58. The van der Waals surface area contributed by atoms with Crippen LogP contribution >= 0.6 is 0 Å². The van der Waals surface area contributed by atoms with E-state index in [1.165, 1.54) is 22.3 Å². The molecule has 20 nitrogen and oxygen atoms in total. The molecule has 0 aliphatic carbocycles. The summed E-state index contributed by atoms with van der Waals surface area (Å²) in [7, 11) is -2.09. The molecule has 6 aliphatic heterocycles. The second-order valence-electron chi connectivity index (χ2n) is 34.1. The van der Waals surface area contributed by atoms with E-state index in [1.54, 1.807) is 6.92 Å². The van der Waals surface area contributed by atoms with E-state index in [1.807, 2.05) is 214 Å². The first kappa shape index (κ1) is 83.1. The van der Waals surface area contributed by atoms with Gasteiger partial charge in [-0.3, -0.25) is 24.0 Å². The van der Waals surface area contributed by atoms with Gasteiger partial charge in [0.2, 0.25) is 5.60 Å². The van der Waals surface area contributed by atoms with Crippen LogP contribution in [0, 0.1) is 0 Å². The molecule has 0 spiro atoms. The number of rotatable bonds is 19. The molecular weight excluding hydrogens is 1560 g/mol. The zero-order valence-electron chi connectivity index (χ0n) is 70.3. The van der Waals surface area contributed by atoms with Gasteiger partial charge in [0.15, 0.2) is 5.60 Å². The summed E-state index contributed by atoms with van der Waals surface area (Å²) in [6.45, 7) is 8.99. The van der Waals surface area contributed by atoms with Crippen LogP contribution in [0.4, 0.5) is 0 Å². The van der Waals surface area contributed by atoms with Crippen LogP contribution in [0.1, 0.15) is 185 Å². The molecule has 6 saturated heterocycles. The summed E-state index contributed by atoms with van der Waals surface area (Å²) < 4.78 is 26.0. The average molecular weight is 1660 g/mol. The number of piperidine rings is 4. The number of likely N-dealkylation sites (tertiary alicyclic amines) is 4. The standard InChI is InChI=1S/C54H52BN5O5.C49H50BN5O5/c56-34-36-10-6-12-40(30-36)38-22-26-59(27-23-38)51(61)43-15-8-14-42(32-43)45-18-4-5-20-48(45)55-64-53(63)54(65-55,44-16-2-1-3-17-44)47-19-9-21-49-46(47)33-50(58-49)52(62)60-28-24-39(25-29-60)41-13-7-11-37(31-41)35-57;1-49(42-15-7-17-44-41(42)29-45(53-44)47(57)55-24-20-35(21-25-55)37-11-5-9-33(27-37)31-52)48(58)59-50(60-49)43-16-3-2-14-40(43)38-12-6-13-39(28-38)46(56)54-22-18-34(19-23-54)36-10-4-8-32(26-36)30-51/h1-21,30-33,38-39,58H,22-29,34-35,56-57H2;2-17,26-29,34-35,53H,18-25,30-31,51-52H2,1H3/t54-;49-/m11/s1. The van der Waals surface area contributed by atoms with E-state index in [0.29, 0.717) is 163 Å². The number of aromatic amines is 2. The molecule has 0 bridgehead atoms. The predicted octanol–water partition coefficient (Wildman–Crippen LogP) is 15.0. The van der Waals surface area contributed by atoms with Gasteiger partial charge in [0.25, 0.3) is 23.6 Å². The SMILES string of the molecule is C[C@]1(c2cccc3[nH]c(C(=O)N4CCC(c5cccc(CN)c5)CC4)cc23)OB(c2ccccc2-c2cccc(C(=O)N3CCC(c4cccc(CN)c4)CC3)c2)OC1=O.NCc1cccc(C2CCN(C(=O)c3cccc(-c4ccccc4B4OC(=O)[C@@](c5ccccc5)(c5cccc6[nH]c(C(=O)N7CCC(c8cccc(CN)c8)CC7)cc56)O4)c3)CC2)c1. The minimum atomic E-state index is -1.66. The molecule has 0 unspecified atom stereocenters. The van der Waals surface area contributed by atoms with Gasteiger partial charge in [-0.1, -0.05) is 224 Å². The van der Waals surface area contributed by atoms with Crippen LogP contribution in [0.2, 0.25) is 0 Å². The van der Waals surface area contributed by atoms with Crippen LogP contribution in [-0.2, 0) is 65.6 Å². The van der Waals surface area contributed by atoms with Crippen molar-refractivity contribution in [2.24, 2.45) is 22.9 Å². The number of amides is 4. The highest BCUT2D eigenvalue weighted by molar-refractivity contribution is 6.67. The maximum atomic E-state index is 14.7. The lowest BCUT2D eigenvalue weighted by Crippen LogP contribution is -2.38. The third-order valence-corrected chi connectivity index (χ3v) is 26.6. The number of benzene rings is 11. The van der Waals surface area contributed by atoms with E-state index in [-0.39, 0.29) is 23.6 Å². The molecule has 13 aromatic rings. The lowest BCUT2D eigenvalue weighted by molar-refractivity contribution is -0.143. The molecule has 2 aromatic heterocycles. The van der Waals surface area contributed by atoms with Crippen molar-refractivity contribution in [3.63, 3.8) is 0 Å². The van der Waals surface area contributed by atoms with Crippen molar-refractivity contribution in [3.8, 4) is 22.3 Å². The molecular formula is C103H102B2N10O10. The zero-order valence-corrected chi connectivity index (χ0v) is 70.3. The fraction of sp³-hybridized carbons (Fsp3) is 0.262. The van der Waals surface area contributed by atoms with E-state index in [2.05, 4.69) is 88.8 Å². The number of aromatic nitrogens is 2. The summed E-state index contributed by atoms with van der Waals surface area (Å²) in [6.07, 6.45) is 7.01. The van der Waals surface area contributed by atoms with Gasteiger partial charge >= 0.3 is 26.2 Å². The molecule has 0 saturated carbocycles. The second kappa shape index (κ2) is 36.2. The van der Waals surface area contributed by atoms with Crippen molar-refractivity contribution in [2.75, 3.05) is 52.4 Å². The summed E-state index contributed by atoms with van der Waals surface area (Å²) in [6, 6.07) is 88.7. The summed E-state index contributed by atoms with van der Waals surface area (Å²) in [5.41, 5.74) is 39.9. The predicted molar refractivity (Wildman–Crippen MR) is 489 cm³/mol. The Morgan fingerprint density at radius 2 is 0.704 bits per heavy atom. The van der Waals surface area contributed by atoms with Crippen LogP contribution in [-0.4, -0.2) is 132 Å². The largest absolute Gasteiger partial charge is 0.566 e. The van der Waals surface area contributed by atoms with Gasteiger partial charge < -0.3 is 71.1 Å². The molecule has 6 aliphatic rings. The van der Waals surface area contributed by atoms with E-state index in [4.69, 9.17) is 41.6 Å². The molecule has 4 amide bonds. The zero-order chi connectivity index (χ0) is 85.9. The Morgan fingerprint density at radius 1 is 0.360 bits per heavy atom. The Hall–Kier alpha value is -12.8. The van der Waals surface area contributed by atoms with Crippen molar-refractivity contribution >= 4 is 82.5 Å². The summed E-state index contributed by atoms with van der Waals surface area (Å²) in [5.74, 6) is 0.259. The molecule has 6 fully saturated rings. The summed E-state index contributed by atoms with van der Waals surface area (Å²) in [5, 5.41) is 1.42. The molecule has 630 valence electrons. The highest BCUT2D eigenvalue weighted by Crippen LogP contribution is 2.46. The van der Waals surface area contributed by atoms with E-state index in [0.717, 1.165) is 107 Å². The van der Waals surface area contributed by atoms with Crippen molar-refractivity contribution < 1.29 is 47.4 Å². The Bertz CT molecular complexity index is 6200. The van der Waals surface area contributed by atoms with Crippen LogP contribution < -0.4 is 33.9 Å². The van der Waals surface area contributed by atoms with Gasteiger partial charge in [-0.2, -0.15) is 0 Å². The maximum Gasteiger partial charge on any atom is 0.566 e. The van der Waals surface area contributed by atoms with Gasteiger partial charge in [0.05, 0.1) is 0 Å². The van der Waals surface area contributed by atoms with Crippen molar-refractivity contribution in [1.82, 2.24) is 29.6 Å². The monoisotopic (exact) mass is 1660 g/mol. The van der Waals surface area contributed by atoms with Gasteiger partial charge in [-0.25, -0.2) is 4.79 Å². The molecule has 2 atom stereocenters. The topological polar surface area (TPSA) is 288 Å². The molecule has 19 rings (SSSR count). The first-order valence-electron chi connectivity index (χ1n) is 43.8. The Labute approximate surface area is 728 Å². The molecule has 125 heavy (non-hydrogen) atoms. The fourth-order valence-corrected chi connectivity index (χ4v) is 19.6. The first-order chi connectivity index (χ1) is 61.0. The van der Waals surface area contributed by atoms with E-state index < -0.39 is 37.4 Å². The lowest BCUT2D eigenvalue weighted by Gasteiger charge is -2.32. The Balaban J connectivity index is 0.000000170. The minimum Gasteiger partial charge on any atom is -0.503 e. The normalized spacial score (nSPS) is 18.6. The Morgan fingerprint density at radius 3 is 1.11 bits per heavy atom. The third kappa shape index (κ3) is 16.8. The first-order valence-corrected chi connectivity index (χ1v) is 43.8. The Kier molecular flexibility index (Phi) is 24.1. The van der Waals surface area contributed by atoms with Crippen LogP contribution in [0.5, 0.6) is 0 Å². The molecule has 0 radical (unpaired) electrons. The van der Waals surface area contributed by atoms with E-state index >= 15 is 0 Å². The van der Waals surface area contributed by atoms with Crippen molar-refractivity contribution in [1.29, 1.82) is 0 Å². The number of nitrogens with one attached hydrogen (secondary N) is 2. The van der Waals surface area contributed by atoms with Gasteiger partial charge in [0.1, 0.15) is 11.4 Å². The van der Waals surface area contributed by atoms with Gasteiger partial charge in [0, 0.05) is 134 Å². The highest BCUT2D eigenvalue weighted by Gasteiger charge is 2.58. The van der Waals surface area contributed by atoms with Crippen LogP contribution in [0.25, 0.3) is 44.1 Å². The van der Waals surface area contributed by atoms with Crippen LogP contribution in [0.15, 0.2) is 273 Å². The highest BCUT2D eigenvalue weighted by atomic mass is 16.7. The van der Waals surface area contributed by atoms with E-state index in [9.17, 15) is 28.8 Å². The summed E-state index contributed by atoms with van der Waals surface area (Å²) in [4.78, 5) is 98.9. The quantitative estimate of drug-likeness (QED) is 0.0411. The number of H-pyrrole nitrogens is 2. The summed E-state index contributed by atoms with van der Waals surface area (Å²) >= 11 is 0. The number of hydrogen-bond acceptors (Lipinski definition) is 14. The number of hydrogen-bond donors (Lipinski definition) is 6. The molecule has 10 N–H and O–H groups in total. The molecule has 22 heteroatoms. The maximum absolute atomic E-state index is 14.7. The van der Waals surface area contributed by atoms with Gasteiger partial charge in [-0.05, 0) is 203 Å². The van der Waals surface area contributed by atoms with Crippen molar-refractivity contribution in [3.05, 3.63) is 357 Å². The fourth-order valence-electron chi connectivity index (χ4n) is 19.6. The number of fused-ring (bicyclic) bond motifs is 2. The third-order valence-electron chi connectivity index (χ3n) is 26.6. The van der Waals surface area contributed by atoms with Crippen LogP contribution in [0.3, 0.4) is 0 Å². The minimum absolute atomic E-state index is 0.00449. The number of carbonyl (C=O) groups excluding carboxylic acids is 6. The smallest absolute Gasteiger partial charge is 0.503 e. The number of carbonyl (C=O) groups is 6. The molecule has 8 heterocycles. The number of nitrogens with two attached hydrogens (primary N) is 4. The van der Waals surface area contributed by atoms with Crippen molar-refractivity contribution in [2.45, 2.75) is 119 Å². The molecule has 11 aromatic carbocycles.